The summed E-state index contributed by atoms with van der Waals surface area (Å²) in [5, 5.41) is 12.9. The van der Waals surface area contributed by atoms with Gasteiger partial charge in [0.25, 0.3) is 5.91 Å². The van der Waals surface area contributed by atoms with Crippen molar-refractivity contribution >= 4 is 22.7 Å². The molecule has 0 aliphatic carbocycles. The van der Waals surface area contributed by atoms with Gasteiger partial charge in [-0.25, -0.2) is 0 Å². The Hall–Kier alpha value is -2.37. The highest BCUT2D eigenvalue weighted by Gasteiger charge is 2.23. The molecule has 1 atom stereocenters. The van der Waals surface area contributed by atoms with Crippen molar-refractivity contribution in [2.24, 2.45) is 5.92 Å². The number of amides is 2. The van der Waals surface area contributed by atoms with Gasteiger partial charge in [-0.3, -0.25) is 14.7 Å². The van der Waals surface area contributed by atoms with E-state index in [9.17, 15) is 9.59 Å². The molecule has 0 aliphatic rings. The zero-order valence-corrected chi connectivity index (χ0v) is 12.4. The lowest BCUT2D eigenvalue weighted by molar-refractivity contribution is -0.122. The van der Waals surface area contributed by atoms with Gasteiger partial charge in [0, 0.05) is 12.4 Å². The van der Waals surface area contributed by atoms with Crippen LogP contribution in [0.15, 0.2) is 24.3 Å². The van der Waals surface area contributed by atoms with Crippen LogP contribution < -0.4 is 10.6 Å². The topological polar surface area (TPSA) is 86.9 Å². The van der Waals surface area contributed by atoms with E-state index < -0.39 is 6.04 Å². The van der Waals surface area contributed by atoms with Crippen molar-refractivity contribution < 1.29 is 9.59 Å². The van der Waals surface area contributed by atoms with E-state index in [4.69, 9.17) is 0 Å². The summed E-state index contributed by atoms with van der Waals surface area (Å²) in [5.74, 6) is -0.248. The minimum Gasteiger partial charge on any atom is -0.357 e. The maximum absolute atomic E-state index is 12.4. The molecule has 6 heteroatoms. The van der Waals surface area contributed by atoms with Crippen molar-refractivity contribution in [2.45, 2.75) is 26.3 Å². The molecule has 0 aliphatic heterocycles. The first kappa shape index (κ1) is 15.0. The Labute approximate surface area is 123 Å². The lowest BCUT2D eigenvalue weighted by Crippen LogP contribution is -2.46. The van der Waals surface area contributed by atoms with E-state index in [-0.39, 0.29) is 11.8 Å². The van der Waals surface area contributed by atoms with Gasteiger partial charge in [-0.2, -0.15) is 5.10 Å². The van der Waals surface area contributed by atoms with Crippen LogP contribution in [-0.2, 0) is 4.79 Å². The molecular formula is C15H20N4O2. The fourth-order valence-corrected chi connectivity index (χ4v) is 2.24. The molecule has 21 heavy (non-hydrogen) atoms. The number of aromatic amines is 1. The van der Waals surface area contributed by atoms with Crippen LogP contribution in [0.4, 0.5) is 0 Å². The molecule has 0 saturated heterocycles. The summed E-state index contributed by atoms with van der Waals surface area (Å²) in [6, 6.07) is 6.83. The quantitative estimate of drug-likeness (QED) is 0.778. The Morgan fingerprint density at radius 1 is 1.29 bits per heavy atom. The molecule has 2 aromatic rings. The van der Waals surface area contributed by atoms with Gasteiger partial charge in [0.2, 0.25) is 5.91 Å². The molecule has 0 unspecified atom stereocenters. The van der Waals surface area contributed by atoms with Crippen molar-refractivity contribution in [1.82, 2.24) is 20.8 Å². The van der Waals surface area contributed by atoms with Gasteiger partial charge >= 0.3 is 0 Å². The summed E-state index contributed by atoms with van der Waals surface area (Å²) in [7, 11) is 1.56. The van der Waals surface area contributed by atoms with Gasteiger partial charge in [0.15, 0.2) is 5.69 Å². The molecule has 1 heterocycles. The summed E-state index contributed by atoms with van der Waals surface area (Å²) in [5.41, 5.74) is 1.10. The summed E-state index contributed by atoms with van der Waals surface area (Å²) < 4.78 is 0. The Balaban J connectivity index is 2.20. The smallest absolute Gasteiger partial charge is 0.273 e. The van der Waals surface area contributed by atoms with E-state index in [1.54, 1.807) is 7.05 Å². The lowest BCUT2D eigenvalue weighted by Gasteiger charge is -2.18. The van der Waals surface area contributed by atoms with E-state index in [1.165, 1.54) is 0 Å². The third-order valence-electron chi connectivity index (χ3n) is 3.26. The number of hydrogen-bond acceptors (Lipinski definition) is 3. The highest BCUT2D eigenvalue weighted by atomic mass is 16.2. The number of nitrogens with one attached hydrogen (secondary N) is 3. The number of rotatable bonds is 5. The van der Waals surface area contributed by atoms with Crippen LogP contribution in [0.5, 0.6) is 0 Å². The first-order valence-electron chi connectivity index (χ1n) is 6.98. The van der Waals surface area contributed by atoms with E-state index >= 15 is 0 Å². The zero-order valence-electron chi connectivity index (χ0n) is 12.4. The third kappa shape index (κ3) is 3.39. The van der Waals surface area contributed by atoms with Crippen LogP contribution in [0.2, 0.25) is 0 Å². The molecule has 1 aromatic heterocycles. The van der Waals surface area contributed by atoms with Crippen LogP contribution in [0.25, 0.3) is 10.9 Å². The summed E-state index contributed by atoms with van der Waals surface area (Å²) >= 11 is 0. The van der Waals surface area contributed by atoms with E-state index in [0.717, 1.165) is 10.9 Å². The standard InChI is InChI=1S/C15H20N4O2/c1-9(2)8-12(14(20)16-3)17-15(21)13-10-6-4-5-7-11(10)18-19-13/h4-7,9,12H,8H2,1-3H3,(H,16,20)(H,17,21)(H,18,19)/t12-/m1/s1. The average Bonchev–Trinajstić information content (AvgIpc) is 2.89. The number of H-pyrrole nitrogens is 1. The number of aromatic nitrogens is 2. The van der Waals surface area contributed by atoms with E-state index in [1.807, 2.05) is 38.1 Å². The van der Waals surface area contributed by atoms with Crippen molar-refractivity contribution in [1.29, 1.82) is 0 Å². The van der Waals surface area contributed by atoms with Crippen molar-refractivity contribution in [3.8, 4) is 0 Å². The van der Waals surface area contributed by atoms with Crippen LogP contribution >= 0.6 is 0 Å². The van der Waals surface area contributed by atoms with Gasteiger partial charge in [-0.05, 0) is 18.4 Å². The predicted octanol–water partition coefficient (Wildman–Crippen LogP) is 1.45. The molecule has 0 bridgehead atoms. The summed E-state index contributed by atoms with van der Waals surface area (Å²) in [6.45, 7) is 4.01. The predicted molar refractivity (Wildman–Crippen MR) is 80.9 cm³/mol. The fourth-order valence-electron chi connectivity index (χ4n) is 2.24. The summed E-state index contributed by atoms with van der Waals surface area (Å²) in [6.07, 6.45) is 0.577. The number of hydrogen-bond donors (Lipinski definition) is 3. The second kappa shape index (κ2) is 6.39. The number of likely N-dealkylation sites (N-methyl/N-ethyl adjacent to an activating group) is 1. The molecule has 3 N–H and O–H groups in total. The first-order valence-corrected chi connectivity index (χ1v) is 6.98. The lowest BCUT2D eigenvalue weighted by atomic mass is 10.0. The van der Waals surface area contributed by atoms with E-state index in [2.05, 4.69) is 20.8 Å². The van der Waals surface area contributed by atoms with Gasteiger partial charge in [0.05, 0.1) is 5.52 Å². The Morgan fingerprint density at radius 3 is 2.67 bits per heavy atom. The molecule has 1 aromatic carbocycles. The number of nitrogens with zero attached hydrogens (tertiary/aromatic N) is 1. The SMILES string of the molecule is CNC(=O)[C@@H](CC(C)C)NC(=O)c1n[nH]c2ccccc12. The van der Waals surface area contributed by atoms with Gasteiger partial charge in [-0.1, -0.05) is 32.0 Å². The largest absolute Gasteiger partial charge is 0.357 e. The van der Waals surface area contributed by atoms with Gasteiger partial charge in [-0.15, -0.1) is 0 Å². The van der Waals surface area contributed by atoms with Crippen molar-refractivity contribution in [2.75, 3.05) is 7.05 Å². The molecule has 0 saturated carbocycles. The Bertz CT molecular complexity index is 648. The van der Waals surface area contributed by atoms with Crippen LogP contribution in [0.1, 0.15) is 30.8 Å². The number of carbonyl (C=O) groups excluding carboxylic acids is 2. The molecule has 2 amide bonds. The van der Waals surface area contributed by atoms with Crippen molar-refractivity contribution in [3.63, 3.8) is 0 Å². The minimum atomic E-state index is -0.557. The van der Waals surface area contributed by atoms with Crippen molar-refractivity contribution in [3.05, 3.63) is 30.0 Å². The molecular weight excluding hydrogens is 268 g/mol. The van der Waals surface area contributed by atoms with Crippen LogP contribution in [0, 0.1) is 5.92 Å². The first-order chi connectivity index (χ1) is 10.0. The highest BCUT2D eigenvalue weighted by Crippen LogP contribution is 2.15. The van der Waals surface area contributed by atoms with Gasteiger partial charge in [0.1, 0.15) is 6.04 Å². The number of fused-ring (bicyclic) bond motifs is 1. The van der Waals surface area contributed by atoms with Crippen LogP contribution in [0.3, 0.4) is 0 Å². The van der Waals surface area contributed by atoms with E-state index in [0.29, 0.717) is 18.0 Å². The van der Waals surface area contributed by atoms with Gasteiger partial charge < -0.3 is 10.6 Å². The Kier molecular flexibility index (Phi) is 4.57. The maximum Gasteiger partial charge on any atom is 0.273 e. The maximum atomic E-state index is 12.4. The number of benzene rings is 1. The number of carbonyl (C=O) groups is 2. The minimum absolute atomic E-state index is 0.197. The zero-order chi connectivity index (χ0) is 15.4. The second-order valence-corrected chi connectivity index (χ2v) is 5.39. The molecule has 112 valence electrons. The average molecular weight is 288 g/mol. The normalized spacial score (nSPS) is 12.4. The van der Waals surface area contributed by atoms with Crippen LogP contribution in [-0.4, -0.2) is 35.1 Å². The molecule has 0 fully saturated rings. The Morgan fingerprint density at radius 2 is 2.00 bits per heavy atom. The third-order valence-corrected chi connectivity index (χ3v) is 3.26. The highest BCUT2D eigenvalue weighted by molar-refractivity contribution is 6.05. The molecule has 2 rings (SSSR count). The summed E-state index contributed by atoms with van der Waals surface area (Å²) in [4.78, 5) is 24.2. The molecule has 6 nitrogen and oxygen atoms in total. The molecule has 0 radical (unpaired) electrons. The second-order valence-electron chi connectivity index (χ2n) is 5.39. The monoisotopic (exact) mass is 288 g/mol. The fraction of sp³-hybridized carbons (Fsp3) is 0.400. The number of para-hydroxylation sites is 1. The molecule has 0 spiro atoms.